The molecule has 104 valence electrons. The van der Waals surface area contributed by atoms with E-state index in [9.17, 15) is 0 Å². The van der Waals surface area contributed by atoms with Crippen LogP contribution in [0.2, 0.25) is 0 Å². The van der Waals surface area contributed by atoms with Crippen molar-refractivity contribution in [1.29, 1.82) is 0 Å². The molecule has 1 aromatic carbocycles. The third-order valence-corrected chi connectivity index (χ3v) is 4.11. The number of hydrogen-bond donors (Lipinski definition) is 0. The van der Waals surface area contributed by atoms with Crippen LogP contribution in [0.1, 0.15) is 31.9 Å². The summed E-state index contributed by atoms with van der Waals surface area (Å²) in [5.41, 5.74) is 4.96. The standard InChI is InChI=1S/C18H22N2/c1-2-17-9-6-16(14-19-17)15-7-10-18(11-8-15)20-12-4-3-5-13-20/h6-11,14H,2-5,12-13H2,1H3. The molecule has 0 radical (unpaired) electrons. The molecular formula is C18H22N2. The van der Waals surface area contributed by atoms with Gasteiger partial charge in [-0.3, -0.25) is 4.98 Å². The van der Waals surface area contributed by atoms with Crippen molar-refractivity contribution in [2.75, 3.05) is 18.0 Å². The van der Waals surface area contributed by atoms with Crippen molar-refractivity contribution in [2.45, 2.75) is 32.6 Å². The van der Waals surface area contributed by atoms with Crippen LogP contribution in [0.3, 0.4) is 0 Å². The fraction of sp³-hybridized carbons (Fsp3) is 0.389. The van der Waals surface area contributed by atoms with Gasteiger partial charge in [0.2, 0.25) is 0 Å². The van der Waals surface area contributed by atoms with E-state index in [0.29, 0.717) is 0 Å². The largest absolute Gasteiger partial charge is 0.372 e. The summed E-state index contributed by atoms with van der Waals surface area (Å²) in [4.78, 5) is 6.97. The summed E-state index contributed by atoms with van der Waals surface area (Å²) in [6, 6.07) is 13.2. The van der Waals surface area contributed by atoms with Gasteiger partial charge in [0.25, 0.3) is 0 Å². The lowest BCUT2D eigenvalue weighted by Crippen LogP contribution is -2.29. The Hall–Kier alpha value is -1.83. The average molecular weight is 266 g/mol. The molecule has 1 aliphatic rings. The fourth-order valence-electron chi connectivity index (χ4n) is 2.82. The zero-order valence-corrected chi connectivity index (χ0v) is 12.2. The van der Waals surface area contributed by atoms with Crippen molar-refractivity contribution in [3.8, 4) is 11.1 Å². The third kappa shape index (κ3) is 2.84. The summed E-state index contributed by atoms with van der Waals surface area (Å²) in [5, 5.41) is 0. The van der Waals surface area contributed by atoms with Crippen molar-refractivity contribution in [3.63, 3.8) is 0 Å². The monoisotopic (exact) mass is 266 g/mol. The van der Waals surface area contributed by atoms with Crippen LogP contribution in [0.25, 0.3) is 11.1 Å². The Kier molecular flexibility index (Phi) is 4.00. The van der Waals surface area contributed by atoms with Gasteiger partial charge in [-0.05, 0) is 49.4 Å². The predicted molar refractivity (Wildman–Crippen MR) is 85.1 cm³/mol. The SMILES string of the molecule is CCc1ccc(-c2ccc(N3CCCCC3)cc2)cn1. The quantitative estimate of drug-likeness (QED) is 0.823. The van der Waals surface area contributed by atoms with Gasteiger partial charge in [-0.25, -0.2) is 0 Å². The first kappa shape index (κ1) is 13.2. The van der Waals surface area contributed by atoms with E-state index in [1.54, 1.807) is 0 Å². The number of anilines is 1. The van der Waals surface area contributed by atoms with Gasteiger partial charge in [0.15, 0.2) is 0 Å². The minimum Gasteiger partial charge on any atom is -0.372 e. The van der Waals surface area contributed by atoms with Gasteiger partial charge < -0.3 is 4.90 Å². The highest BCUT2D eigenvalue weighted by Gasteiger charge is 2.10. The lowest BCUT2D eigenvalue weighted by atomic mass is 10.1. The summed E-state index contributed by atoms with van der Waals surface area (Å²) >= 11 is 0. The molecule has 3 rings (SSSR count). The normalized spacial score (nSPS) is 15.3. The van der Waals surface area contributed by atoms with E-state index < -0.39 is 0 Å². The number of nitrogens with zero attached hydrogens (tertiary/aromatic N) is 2. The van der Waals surface area contributed by atoms with Crippen molar-refractivity contribution < 1.29 is 0 Å². The van der Waals surface area contributed by atoms with E-state index in [4.69, 9.17) is 0 Å². The smallest absolute Gasteiger partial charge is 0.0401 e. The summed E-state index contributed by atoms with van der Waals surface area (Å²) in [6.45, 7) is 4.54. The molecule has 0 saturated carbocycles. The molecule has 0 amide bonds. The number of pyridine rings is 1. The van der Waals surface area contributed by atoms with E-state index in [2.05, 4.69) is 53.2 Å². The van der Waals surface area contributed by atoms with E-state index in [0.717, 1.165) is 12.1 Å². The minimum atomic E-state index is 0.994. The van der Waals surface area contributed by atoms with Crippen LogP contribution in [0.15, 0.2) is 42.6 Å². The zero-order valence-electron chi connectivity index (χ0n) is 12.2. The molecule has 1 saturated heterocycles. The molecule has 2 heterocycles. The second-order valence-electron chi connectivity index (χ2n) is 5.49. The Morgan fingerprint density at radius 3 is 2.20 bits per heavy atom. The van der Waals surface area contributed by atoms with Crippen LogP contribution < -0.4 is 4.90 Å². The van der Waals surface area contributed by atoms with E-state index in [-0.39, 0.29) is 0 Å². The Bertz CT molecular complexity index is 537. The molecule has 20 heavy (non-hydrogen) atoms. The first-order valence-corrected chi connectivity index (χ1v) is 7.67. The van der Waals surface area contributed by atoms with Gasteiger partial charge in [-0.15, -0.1) is 0 Å². The highest BCUT2D eigenvalue weighted by molar-refractivity contribution is 5.65. The summed E-state index contributed by atoms with van der Waals surface area (Å²) < 4.78 is 0. The molecular weight excluding hydrogens is 244 g/mol. The maximum absolute atomic E-state index is 4.48. The van der Waals surface area contributed by atoms with Crippen LogP contribution in [-0.4, -0.2) is 18.1 Å². The van der Waals surface area contributed by atoms with Gasteiger partial charge in [-0.1, -0.05) is 25.1 Å². The first-order valence-electron chi connectivity index (χ1n) is 7.67. The number of benzene rings is 1. The van der Waals surface area contributed by atoms with Crippen molar-refractivity contribution in [1.82, 2.24) is 4.98 Å². The summed E-state index contributed by atoms with van der Waals surface area (Å²) in [7, 11) is 0. The molecule has 0 bridgehead atoms. The predicted octanol–water partition coefficient (Wildman–Crippen LogP) is 4.30. The van der Waals surface area contributed by atoms with Crippen LogP contribution in [0.5, 0.6) is 0 Å². The summed E-state index contributed by atoms with van der Waals surface area (Å²) in [5.74, 6) is 0. The van der Waals surface area contributed by atoms with Crippen LogP contribution in [0, 0.1) is 0 Å². The van der Waals surface area contributed by atoms with Gasteiger partial charge in [0, 0.05) is 36.2 Å². The van der Waals surface area contributed by atoms with Gasteiger partial charge in [-0.2, -0.15) is 0 Å². The Labute approximate surface area is 121 Å². The fourth-order valence-corrected chi connectivity index (χ4v) is 2.82. The molecule has 0 spiro atoms. The minimum absolute atomic E-state index is 0.994. The third-order valence-electron chi connectivity index (χ3n) is 4.11. The van der Waals surface area contributed by atoms with E-state index >= 15 is 0 Å². The van der Waals surface area contributed by atoms with Crippen LogP contribution >= 0.6 is 0 Å². The topological polar surface area (TPSA) is 16.1 Å². The Balaban J connectivity index is 1.77. The second kappa shape index (κ2) is 6.08. The summed E-state index contributed by atoms with van der Waals surface area (Å²) in [6.07, 6.45) is 7.00. The van der Waals surface area contributed by atoms with E-state index in [1.165, 1.54) is 49.2 Å². The highest BCUT2D eigenvalue weighted by Crippen LogP contribution is 2.24. The lowest BCUT2D eigenvalue weighted by molar-refractivity contribution is 0.578. The van der Waals surface area contributed by atoms with Gasteiger partial charge >= 0.3 is 0 Å². The maximum atomic E-state index is 4.48. The molecule has 2 aromatic rings. The highest BCUT2D eigenvalue weighted by atomic mass is 15.1. The van der Waals surface area contributed by atoms with Crippen molar-refractivity contribution in [3.05, 3.63) is 48.3 Å². The first-order chi connectivity index (χ1) is 9.86. The molecule has 0 unspecified atom stereocenters. The lowest BCUT2D eigenvalue weighted by Gasteiger charge is -2.28. The number of aromatic nitrogens is 1. The Morgan fingerprint density at radius 2 is 1.60 bits per heavy atom. The van der Waals surface area contributed by atoms with Crippen molar-refractivity contribution >= 4 is 5.69 Å². The molecule has 1 fully saturated rings. The number of piperidine rings is 1. The van der Waals surface area contributed by atoms with Gasteiger partial charge in [0.05, 0.1) is 0 Å². The average Bonchev–Trinajstić information content (AvgIpc) is 2.56. The molecule has 0 atom stereocenters. The number of aryl methyl sites for hydroxylation is 1. The molecule has 2 heteroatoms. The van der Waals surface area contributed by atoms with Crippen LogP contribution in [0.4, 0.5) is 5.69 Å². The van der Waals surface area contributed by atoms with Gasteiger partial charge in [0.1, 0.15) is 0 Å². The van der Waals surface area contributed by atoms with Crippen molar-refractivity contribution in [2.24, 2.45) is 0 Å². The molecule has 0 aliphatic carbocycles. The zero-order chi connectivity index (χ0) is 13.8. The second-order valence-corrected chi connectivity index (χ2v) is 5.49. The number of rotatable bonds is 3. The molecule has 2 nitrogen and oxygen atoms in total. The number of hydrogen-bond acceptors (Lipinski definition) is 2. The maximum Gasteiger partial charge on any atom is 0.0401 e. The van der Waals surface area contributed by atoms with Crippen LogP contribution in [-0.2, 0) is 6.42 Å². The molecule has 1 aliphatic heterocycles. The molecule has 0 N–H and O–H groups in total. The van der Waals surface area contributed by atoms with E-state index in [1.807, 2.05) is 6.20 Å². The molecule has 1 aromatic heterocycles. The Morgan fingerprint density at radius 1 is 0.900 bits per heavy atom.